The molecule has 4 nitrogen and oxygen atoms in total. The molecule has 0 atom stereocenters. The lowest BCUT2D eigenvalue weighted by atomic mass is 10.2. The van der Waals surface area contributed by atoms with E-state index in [9.17, 15) is 13.2 Å². The zero-order valence-electron chi connectivity index (χ0n) is 10.9. The molecule has 110 valence electrons. The van der Waals surface area contributed by atoms with Gasteiger partial charge < -0.3 is 5.32 Å². The predicted molar refractivity (Wildman–Crippen MR) is 84.0 cm³/mol. The van der Waals surface area contributed by atoms with Crippen molar-refractivity contribution in [3.8, 4) is 0 Å². The summed E-state index contributed by atoms with van der Waals surface area (Å²) in [4.78, 5) is 12.0. The second kappa shape index (κ2) is 6.05. The first-order valence-electron chi connectivity index (χ1n) is 5.84. The van der Waals surface area contributed by atoms with Crippen LogP contribution in [0.15, 0.2) is 47.4 Å². The van der Waals surface area contributed by atoms with Crippen molar-refractivity contribution in [3.05, 3.63) is 58.1 Å². The van der Waals surface area contributed by atoms with Gasteiger partial charge in [-0.1, -0.05) is 23.2 Å². The summed E-state index contributed by atoms with van der Waals surface area (Å²) in [6, 6.07) is 10.7. The molecule has 0 fully saturated rings. The molecule has 0 radical (unpaired) electrons. The fraction of sp³-hybridized carbons (Fsp3) is 0.0714. The number of carbonyl (C=O) groups excluding carboxylic acids is 1. The Morgan fingerprint density at radius 3 is 2.24 bits per heavy atom. The van der Waals surface area contributed by atoms with Crippen LogP contribution < -0.4 is 5.32 Å². The maximum Gasteiger partial charge on any atom is 0.255 e. The number of halogens is 2. The highest BCUT2D eigenvalue weighted by atomic mass is 35.5. The van der Waals surface area contributed by atoms with Crippen LogP contribution in [0, 0.1) is 0 Å². The predicted octanol–water partition coefficient (Wildman–Crippen LogP) is 3.65. The van der Waals surface area contributed by atoms with Crippen LogP contribution in [-0.2, 0) is 9.84 Å². The summed E-state index contributed by atoms with van der Waals surface area (Å²) < 4.78 is 23.2. The molecule has 1 amide bonds. The molecule has 7 heteroatoms. The SMILES string of the molecule is CS(=O)(=O)c1cc(C(=O)Nc2ccc(Cl)cc2)ccc1Cl. The first kappa shape index (κ1) is 15.8. The van der Waals surface area contributed by atoms with Crippen molar-refractivity contribution in [2.24, 2.45) is 0 Å². The fourth-order valence-electron chi connectivity index (χ4n) is 1.67. The molecule has 0 aliphatic carbocycles. The number of benzene rings is 2. The molecule has 0 unspecified atom stereocenters. The lowest BCUT2D eigenvalue weighted by molar-refractivity contribution is 0.102. The van der Waals surface area contributed by atoms with E-state index >= 15 is 0 Å². The van der Waals surface area contributed by atoms with Gasteiger partial charge in [0, 0.05) is 22.5 Å². The molecule has 0 aliphatic heterocycles. The Labute approximate surface area is 132 Å². The Balaban J connectivity index is 2.30. The van der Waals surface area contributed by atoms with E-state index in [4.69, 9.17) is 23.2 Å². The van der Waals surface area contributed by atoms with Crippen LogP contribution in [-0.4, -0.2) is 20.6 Å². The number of carbonyl (C=O) groups is 1. The Kier molecular flexibility index (Phi) is 4.56. The van der Waals surface area contributed by atoms with Crippen LogP contribution in [0.1, 0.15) is 10.4 Å². The van der Waals surface area contributed by atoms with E-state index in [2.05, 4.69) is 5.32 Å². The van der Waals surface area contributed by atoms with E-state index in [0.717, 1.165) is 6.26 Å². The van der Waals surface area contributed by atoms with Gasteiger partial charge in [-0.05, 0) is 42.5 Å². The smallest absolute Gasteiger partial charge is 0.255 e. The highest BCUT2D eigenvalue weighted by Crippen LogP contribution is 2.23. The van der Waals surface area contributed by atoms with Gasteiger partial charge in [0.25, 0.3) is 5.91 Å². The van der Waals surface area contributed by atoms with E-state index in [1.54, 1.807) is 24.3 Å². The second-order valence-corrected chi connectivity index (χ2v) is 7.21. The van der Waals surface area contributed by atoms with Gasteiger partial charge >= 0.3 is 0 Å². The van der Waals surface area contributed by atoms with Gasteiger partial charge in [-0.2, -0.15) is 0 Å². The number of nitrogens with one attached hydrogen (secondary N) is 1. The molecular weight excluding hydrogens is 333 g/mol. The minimum atomic E-state index is -3.50. The van der Waals surface area contributed by atoms with E-state index in [1.165, 1.54) is 18.2 Å². The molecule has 0 aromatic heterocycles. The average molecular weight is 344 g/mol. The summed E-state index contributed by atoms with van der Waals surface area (Å²) in [6.07, 6.45) is 1.04. The van der Waals surface area contributed by atoms with Gasteiger partial charge in [0.05, 0.1) is 9.92 Å². The average Bonchev–Trinajstić information content (AvgIpc) is 2.40. The molecule has 2 aromatic carbocycles. The molecule has 0 aliphatic rings. The fourth-order valence-corrected chi connectivity index (χ4v) is 3.09. The van der Waals surface area contributed by atoms with Crippen molar-refractivity contribution in [1.29, 1.82) is 0 Å². The van der Waals surface area contributed by atoms with Gasteiger partial charge in [0.1, 0.15) is 0 Å². The molecule has 0 saturated heterocycles. The quantitative estimate of drug-likeness (QED) is 0.924. The van der Waals surface area contributed by atoms with Crippen LogP contribution in [0.5, 0.6) is 0 Å². The first-order valence-corrected chi connectivity index (χ1v) is 8.48. The Morgan fingerprint density at radius 2 is 1.67 bits per heavy atom. The van der Waals surface area contributed by atoms with Gasteiger partial charge in [0.2, 0.25) is 0 Å². The third-order valence-corrected chi connectivity index (χ3v) is 4.53. The summed E-state index contributed by atoms with van der Waals surface area (Å²) in [7, 11) is -3.50. The number of amides is 1. The summed E-state index contributed by atoms with van der Waals surface area (Å²) in [6.45, 7) is 0. The van der Waals surface area contributed by atoms with E-state index < -0.39 is 15.7 Å². The Hall–Kier alpha value is -1.56. The lowest BCUT2D eigenvalue weighted by Gasteiger charge is -2.08. The number of sulfone groups is 1. The highest BCUT2D eigenvalue weighted by Gasteiger charge is 2.15. The molecule has 2 rings (SSSR count). The summed E-state index contributed by atoms with van der Waals surface area (Å²) in [5, 5.41) is 3.29. The van der Waals surface area contributed by atoms with Crippen molar-refractivity contribution < 1.29 is 13.2 Å². The standard InChI is InChI=1S/C14H11Cl2NO3S/c1-21(19,20)13-8-9(2-7-12(13)16)14(18)17-11-5-3-10(15)4-6-11/h2-8H,1H3,(H,17,18). The lowest BCUT2D eigenvalue weighted by Crippen LogP contribution is -2.12. The molecule has 1 N–H and O–H groups in total. The Bertz CT molecular complexity index is 786. The molecule has 0 saturated carbocycles. The van der Waals surface area contributed by atoms with Gasteiger partial charge in [-0.3, -0.25) is 4.79 Å². The molecule has 2 aromatic rings. The third kappa shape index (κ3) is 3.97. The van der Waals surface area contributed by atoms with Crippen molar-refractivity contribution in [3.63, 3.8) is 0 Å². The topological polar surface area (TPSA) is 63.2 Å². The van der Waals surface area contributed by atoms with Crippen LogP contribution >= 0.6 is 23.2 Å². The summed E-state index contributed by atoms with van der Waals surface area (Å²) in [5.74, 6) is -0.432. The van der Waals surface area contributed by atoms with Crippen LogP contribution in [0.4, 0.5) is 5.69 Å². The summed E-state index contributed by atoms with van der Waals surface area (Å²) >= 11 is 11.6. The molecular formula is C14H11Cl2NO3S. The monoisotopic (exact) mass is 343 g/mol. The molecule has 0 heterocycles. The van der Waals surface area contributed by atoms with Crippen molar-refractivity contribution in [1.82, 2.24) is 0 Å². The van der Waals surface area contributed by atoms with Crippen molar-refractivity contribution in [2.45, 2.75) is 4.90 Å². The van der Waals surface area contributed by atoms with E-state index in [1.807, 2.05) is 0 Å². The molecule has 0 spiro atoms. The minimum absolute atomic E-state index is 0.0760. The molecule has 0 bridgehead atoms. The van der Waals surface area contributed by atoms with Crippen LogP contribution in [0.3, 0.4) is 0 Å². The number of anilines is 1. The minimum Gasteiger partial charge on any atom is -0.322 e. The maximum absolute atomic E-state index is 12.1. The number of rotatable bonds is 3. The molecule has 21 heavy (non-hydrogen) atoms. The van der Waals surface area contributed by atoms with Crippen molar-refractivity contribution >= 4 is 44.6 Å². The maximum atomic E-state index is 12.1. The van der Waals surface area contributed by atoms with Crippen LogP contribution in [0.2, 0.25) is 10.0 Å². The highest BCUT2D eigenvalue weighted by molar-refractivity contribution is 7.90. The Morgan fingerprint density at radius 1 is 1.05 bits per heavy atom. The van der Waals surface area contributed by atoms with Gasteiger partial charge in [0.15, 0.2) is 9.84 Å². The zero-order valence-corrected chi connectivity index (χ0v) is 13.3. The second-order valence-electron chi connectivity index (χ2n) is 4.38. The first-order chi connectivity index (χ1) is 9.77. The zero-order chi connectivity index (χ0) is 15.6. The normalized spacial score (nSPS) is 11.2. The number of hydrogen-bond donors (Lipinski definition) is 1. The van der Waals surface area contributed by atoms with Gasteiger partial charge in [-0.15, -0.1) is 0 Å². The van der Waals surface area contributed by atoms with Crippen molar-refractivity contribution in [2.75, 3.05) is 11.6 Å². The van der Waals surface area contributed by atoms with Gasteiger partial charge in [-0.25, -0.2) is 8.42 Å². The largest absolute Gasteiger partial charge is 0.322 e. The number of hydrogen-bond acceptors (Lipinski definition) is 3. The van der Waals surface area contributed by atoms with Crippen LogP contribution in [0.25, 0.3) is 0 Å². The third-order valence-electron chi connectivity index (χ3n) is 2.69. The van der Waals surface area contributed by atoms with E-state index in [-0.39, 0.29) is 15.5 Å². The van der Waals surface area contributed by atoms with E-state index in [0.29, 0.717) is 10.7 Å². The summed E-state index contributed by atoms with van der Waals surface area (Å²) in [5.41, 5.74) is 0.759.